The summed E-state index contributed by atoms with van der Waals surface area (Å²) in [5.41, 5.74) is -0.906. The number of methoxy groups -OCH3 is 1. The van der Waals surface area contributed by atoms with Crippen LogP contribution in [0.5, 0.6) is 5.75 Å². The number of nitrogens with zero attached hydrogens (tertiary/aromatic N) is 1. The van der Waals surface area contributed by atoms with Crippen LogP contribution >= 0.6 is 15.9 Å². The molecule has 0 atom stereocenters. The van der Waals surface area contributed by atoms with Crippen LogP contribution in [-0.2, 0) is 6.54 Å². The molecule has 7 heteroatoms. The first-order chi connectivity index (χ1) is 9.01. The Bertz CT molecular complexity index is 724. The van der Waals surface area contributed by atoms with Crippen LogP contribution in [-0.4, -0.2) is 16.7 Å². The maximum Gasteiger partial charge on any atom is 0.328 e. The quantitative estimate of drug-likeness (QED) is 0.928. The monoisotopic (exact) mass is 328 g/mol. The summed E-state index contributed by atoms with van der Waals surface area (Å²) in [7, 11) is 1.54. The predicted octanol–water partition coefficient (Wildman–Crippen LogP) is 1.50. The number of halogens is 2. The summed E-state index contributed by atoms with van der Waals surface area (Å²) in [5.74, 6) is -0.337. The number of H-pyrrole nitrogens is 1. The van der Waals surface area contributed by atoms with Gasteiger partial charge in [0, 0.05) is 0 Å². The standard InChI is InChI=1S/C12H10BrFN2O3/c1-19-10-3-2-7(4-8(10)13)5-16-6-9(14)11(17)15-12(16)18/h2-4,6H,5H2,1H3,(H,15,17,18). The molecule has 0 amide bonds. The first-order valence-electron chi connectivity index (χ1n) is 5.33. The number of hydrogen-bond acceptors (Lipinski definition) is 3. The molecule has 0 unspecified atom stereocenters. The summed E-state index contributed by atoms with van der Waals surface area (Å²) >= 11 is 3.32. The van der Waals surface area contributed by atoms with Gasteiger partial charge in [0.05, 0.1) is 24.3 Å². The molecule has 1 aromatic heterocycles. The molecule has 0 aliphatic carbocycles. The van der Waals surface area contributed by atoms with Crippen LogP contribution < -0.4 is 16.0 Å². The Morgan fingerprint density at radius 1 is 1.42 bits per heavy atom. The van der Waals surface area contributed by atoms with E-state index in [-0.39, 0.29) is 6.54 Å². The van der Waals surface area contributed by atoms with Crippen LogP contribution in [0, 0.1) is 5.82 Å². The van der Waals surface area contributed by atoms with Crippen LogP contribution in [0.25, 0.3) is 0 Å². The van der Waals surface area contributed by atoms with E-state index in [9.17, 15) is 14.0 Å². The largest absolute Gasteiger partial charge is 0.496 e. The molecule has 2 aromatic rings. The predicted molar refractivity (Wildman–Crippen MR) is 71.1 cm³/mol. The lowest BCUT2D eigenvalue weighted by Gasteiger charge is -2.08. The van der Waals surface area contributed by atoms with Crippen LogP contribution in [0.15, 0.2) is 38.5 Å². The number of nitrogens with one attached hydrogen (secondary N) is 1. The van der Waals surface area contributed by atoms with E-state index >= 15 is 0 Å². The van der Waals surface area contributed by atoms with Gasteiger partial charge in [-0.25, -0.2) is 4.79 Å². The summed E-state index contributed by atoms with van der Waals surface area (Å²) in [6.45, 7) is 0.148. The zero-order chi connectivity index (χ0) is 14.0. The number of hydrogen-bond donors (Lipinski definition) is 1. The van der Waals surface area contributed by atoms with E-state index in [1.54, 1.807) is 25.3 Å². The van der Waals surface area contributed by atoms with Crippen molar-refractivity contribution in [2.24, 2.45) is 0 Å². The molecule has 0 saturated carbocycles. The Labute approximate surface area is 115 Å². The third-order valence-electron chi connectivity index (χ3n) is 2.54. The molecule has 0 aliphatic rings. The fourth-order valence-electron chi connectivity index (χ4n) is 1.61. The fraction of sp³-hybridized carbons (Fsp3) is 0.167. The number of rotatable bonds is 3. The Kier molecular flexibility index (Phi) is 3.84. The maximum absolute atomic E-state index is 13.1. The average Bonchev–Trinajstić information content (AvgIpc) is 2.36. The highest BCUT2D eigenvalue weighted by atomic mass is 79.9. The minimum Gasteiger partial charge on any atom is -0.496 e. The normalized spacial score (nSPS) is 10.5. The molecule has 0 aliphatic heterocycles. The SMILES string of the molecule is COc1ccc(Cn2cc(F)c(=O)[nH]c2=O)cc1Br. The van der Waals surface area contributed by atoms with Gasteiger partial charge in [-0.2, -0.15) is 4.39 Å². The lowest BCUT2D eigenvalue weighted by molar-refractivity contribution is 0.412. The highest BCUT2D eigenvalue weighted by Gasteiger charge is 2.06. The molecule has 0 saturated heterocycles. The van der Waals surface area contributed by atoms with Crippen LogP contribution in [0.3, 0.4) is 0 Å². The minimum atomic E-state index is -1.02. The van der Waals surface area contributed by atoms with Gasteiger partial charge in [0.1, 0.15) is 5.75 Å². The zero-order valence-corrected chi connectivity index (χ0v) is 11.5. The van der Waals surface area contributed by atoms with Crippen molar-refractivity contribution in [3.63, 3.8) is 0 Å². The second-order valence-electron chi connectivity index (χ2n) is 3.83. The van der Waals surface area contributed by atoms with E-state index in [2.05, 4.69) is 15.9 Å². The third kappa shape index (κ3) is 2.93. The van der Waals surface area contributed by atoms with Gasteiger partial charge in [0.25, 0.3) is 5.56 Å². The van der Waals surface area contributed by atoms with E-state index in [0.717, 1.165) is 20.8 Å². The summed E-state index contributed by atoms with van der Waals surface area (Å²) < 4.78 is 20.0. The molecule has 1 heterocycles. The average molecular weight is 329 g/mol. The molecular formula is C12H10BrFN2O3. The van der Waals surface area contributed by atoms with Gasteiger partial charge >= 0.3 is 5.69 Å². The second kappa shape index (κ2) is 5.40. The first kappa shape index (κ1) is 13.5. The van der Waals surface area contributed by atoms with Crippen molar-refractivity contribution in [3.8, 4) is 5.75 Å². The number of benzene rings is 1. The first-order valence-corrected chi connectivity index (χ1v) is 6.12. The number of aromatic nitrogens is 2. The van der Waals surface area contributed by atoms with Crippen LogP contribution in [0.4, 0.5) is 4.39 Å². The summed E-state index contributed by atoms with van der Waals surface area (Å²) in [6, 6.07) is 5.24. The number of ether oxygens (including phenoxy) is 1. The van der Waals surface area contributed by atoms with Crippen molar-refractivity contribution < 1.29 is 9.13 Å². The van der Waals surface area contributed by atoms with Crippen LogP contribution in [0.2, 0.25) is 0 Å². The zero-order valence-electron chi connectivity index (χ0n) is 9.94. The molecule has 100 valence electrons. The van der Waals surface area contributed by atoms with Gasteiger partial charge in [0.2, 0.25) is 5.82 Å². The third-order valence-corrected chi connectivity index (χ3v) is 3.16. The highest BCUT2D eigenvalue weighted by Crippen LogP contribution is 2.25. The summed E-state index contributed by atoms with van der Waals surface area (Å²) in [4.78, 5) is 24.3. The van der Waals surface area contributed by atoms with E-state index in [4.69, 9.17) is 4.74 Å². The molecule has 19 heavy (non-hydrogen) atoms. The van der Waals surface area contributed by atoms with Gasteiger partial charge in [-0.3, -0.25) is 14.3 Å². The van der Waals surface area contributed by atoms with Crippen LogP contribution in [0.1, 0.15) is 5.56 Å². The van der Waals surface area contributed by atoms with E-state index in [0.29, 0.717) is 5.75 Å². The number of aromatic amines is 1. The highest BCUT2D eigenvalue weighted by molar-refractivity contribution is 9.10. The van der Waals surface area contributed by atoms with Crippen molar-refractivity contribution in [1.82, 2.24) is 9.55 Å². The molecule has 5 nitrogen and oxygen atoms in total. The second-order valence-corrected chi connectivity index (χ2v) is 4.69. The summed E-state index contributed by atoms with van der Waals surface area (Å²) in [5, 5.41) is 0. The molecule has 1 N–H and O–H groups in total. The molecule has 0 radical (unpaired) electrons. The van der Waals surface area contributed by atoms with Gasteiger partial charge in [-0.15, -0.1) is 0 Å². The molecule has 0 fully saturated rings. The van der Waals surface area contributed by atoms with Crippen molar-refractivity contribution in [2.45, 2.75) is 6.54 Å². The maximum atomic E-state index is 13.1. The van der Waals surface area contributed by atoms with Gasteiger partial charge in [0.15, 0.2) is 0 Å². The molecular weight excluding hydrogens is 319 g/mol. The topological polar surface area (TPSA) is 64.1 Å². The molecule has 2 rings (SSSR count). The molecule has 1 aromatic carbocycles. The minimum absolute atomic E-state index is 0.148. The van der Waals surface area contributed by atoms with Gasteiger partial charge in [-0.1, -0.05) is 6.07 Å². The molecule has 0 spiro atoms. The lowest BCUT2D eigenvalue weighted by Crippen LogP contribution is -2.31. The van der Waals surface area contributed by atoms with E-state index in [1.807, 2.05) is 4.98 Å². The van der Waals surface area contributed by atoms with Gasteiger partial charge < -0.3 is 4.74 Å². The Balaban J connectivity index is 2.36. The smallest absolute Gasteiger partial charge is 0.328 e. The van der Waals surface area contributed by atoms with Gasteiger partial charge in [-0.05, 0) is 33.6 Å². The lowest BCUT2D eigenvalue weighted by atomic mass is 10.2. The van der Waals surface area contributed by atoms with E-state index < -0.39 is 17.1 Å². The Hall–Kier alpha value is -1.89. The Morgan fingerprint density at radius 3 is 2.79 bits per heavy atom. The fourth-order valence-corrected chi connectivity index (χ4v) is 2.19. The van der Waals surface area contributed by atoms with Crippen molar-refractivity contribution in [2.75, 3.05) is 7.11 Å². The summed E-state index contributed by atoms with van der Waals surface area (Å²) in [6.07, 6.45) is 0.888. The van der Waals surface area contributed by atoms with E-state index in [1.165, 1.54) is 0 Å². The molecule has 0 bridgehead atoms. The van der Waals surface area contributed by atoms with Crippen molar-refractivity contribution in [1.29, 1.82) is 0 Å². The Morgan fingerprint density at radius 2 is 2.16 bits per heavy atom. The van der Waals surface area contributed by atoms with Crippen molar-refractivity contribution >= 4 is 15.9 Å². The van der Waals surface area contributed by atoms with Crippen molar-refractivity contribution in [3.05, 3.63) is 61.1 Å².